The molecule has 2 N–H and O–H groups in total. The van der Waals surface area contributed by atoms with Crippen LogP contribution in [0.25, 0.3) is 11.1 Å². The fourth-order valence-electron chi connectivity index (χ4n) is 4.38. The van der Waals surface area contributed by atoms with Gasteiger partial charge in [-0.15, -0.1) is 0 Å². The van der Waals surface area contributed by atoms with Gasteiger partial charge in [0.2, 0.25) is 0 Å². The van der Waals surface area contributed by atoms with Gasteiger partial charge >= 0.3 is 0 Å². The lowest BCUT2D eigenvalue weighted by molar-refractivity contribution is 0.249. The minimum absolute atomic E-state index is 0.0401. The van der Waals surface area contributed by atoms with Gasteiger partial charge < -0.3 is 10.2 Å². The zero-order valence-electron chi connectivity index (χ0n) is 13.9. The average molecular weight is 320 g/mol. The number of rotatable bonds is 3. The number of hydrogen-bond donors (Lipinski definition) is 2. The van der Waals surface area contributed by atoms with E-state index in [-0.39, 0.29) is 19.1 Å². The minimum Gasteiger partial charge on any atom is -0.396 e. The molecule has 0 fully saturated rings. The molecule has 4 rings (SSSR count). The highest BCUT2D eigenvalue weighted by molar-refractivity contribution is 5.74. The number of allylic oxidation sites excluding steroid dienone is 3. The third kappa shape index (κ3) is 2.70. The zero-order valence-corrected chi connectivity index (χ0v) is 13.9. The maximum absolute atomic E-state index is 9.63. The predicted octanol–water partition coefficient (Wildman–Crippen LogP) is 2.22. The van der Waals surface area contributed by atoms with Gasteiger partial charge in [0.1, 0.15) is 0 Å². The molecule has 0 aliphatic heterocycles. The molecule has 1 aromatic carbocycles. The largest absolute Gasteiger partial charge is 0.396 e. The van der Waals surface area contributed by atoms with E-state index in [2.05, 4.69) is 42.5 Å². The van der Waals surface area contributed by atoms with Crippen molar-refractivity contribution in [2.75, 3.05) is 13.2 Å². The van der Waals surface area contributed by atoms with Crippen molar-refractivity contribution in [3.63, 3.8) is 0 Å². The van der Waals surface area contributed by atoms with Crippen molar-refractivity contribution < 1.29 is 10.2 Å². The molecule has 0 saturated carbocycles. The molecule has 2 heteroatoms. The maximum Gasteiger partial charge on any atom is 0.0679 e. The van der Waals surface area contributed by atoms with E-state index in [9.17, 15) is 10.2 Å². The Kier molecular flexibility index (Phi) is 4.26. The second-order valence-electron chi connectivity index (χ2n) is 7.08. The molecule has 2 unspecified atom stereocenters. The van der Waals surface area contributed by atoms with Gasteiger partial charge in [-0.05, 0) is 64.3 Å². The summed E-state index contributed by atoms with van der Waals surface area (Å²) in [6, 6.07) is 8.70. The van der Waals surface area contributed by atoms with E-state index in [0.29, 0.717) is 5.92 Å². The maximum atomic E-state index is 9.63. The predicted molar refractivity (Wildman–Crippen MR) is 97.4 cm³/mol. The van der Waals surface area contributed by atoms with E-state index in [1.807, 2.05) is 6.08 Å². The second-order valence-corrected chi connectivity index (χ2v) is 7.08. The monoisotopic (exact) mass is 320 g/mol. The molecular formula is C22H24O2. The molecule has 0 amide bonds. The van der Waals surface area contributed by atoms with Gasteiger partial charge in [0.05, 0.1) is 6.61 Å². The number of aliphatic hydroxyl groups excluding tert-OH is 2. The lowest BCUT2D eigenvalue weighted by atomic mass is 9.75. The van der Waals surface area contributed by atoms with Crippen LogP contribution in [-0.2, 0) is 0 Å². The van der Waals surface area contributed by atoms with Crippen LogP contribution in [-0.4, -0.2) is 23.4 Å². The Balaban J connectivity index is 1.92. The van der Waals surface area contributed by atoms with Crippen LogP contribution in [0.4, 0.5) is 0 Å². The van der Waals surface area contributed by atoms with E-state index >= 15 is 0 Å². The van der Waals surface area contributed by atoms with Crippen molar-refractivity contribution in [3.8, 4) is 0 Å². The number of benzene rings is 1. The van der Waals surface area contributed by atoms with E-state index in [1.54, 1.807) is 0 Å². The van der Waals surface area contributed by atoms with Crippen LogP contribution in [0.15, 0.2) is 59.7 Å². The number of aliphatic hydroxyl groups is 2. The Hall–Kier alpha value is -1.90. The molecule has 124 valence electrons. The highest BCUT2D eigenvalue weighted by atomic mass is 16.3. The molecule has 24 heavy (non-hydrogen) atoms. The topological polar surface area (TPSA) is 40.5 Å². The molecular weight excluding hydrogens is 296 g/mol. The first kappa shape index (κ1) is 15.6. The number of fused-ring (bicyclic) bond motifs is 2. The van der Waals surface area contributed by atoms with Gasteiger partial charge in [-0.3, -0.25) is 0 Å². The normalized spacial score (nSPS) is 25.8. The summed E-state index contributed by atoms with van der Waals surface area (Å²) in [5.74, 6) is 0.709. The standard InChI is InChI=1S/C22H24O2/c23-13-15-9-16(14-24)11-18(10-15)22-12-17-5-1-2-6-19(17)20-7-3-4-8-21(20)22/h2-4,6-10,16-17,23-24H,1,5,11-14H2. The highest BCUT2D eigenvalue weighted by Gasteiger charge is 2.25. The van der Waals surface area contributed by atoms with Crippen molar-refractivity contribution in [1.82, 2.24) is 0 Å². The second kappa shape index (κ2) is 6.54. The molecule has 0 bridgehead atoms. The quantitative estimate of drug-likeness (QED) is 0.896. The summed E-state index contributed by atoms with van der Waals surface area (Å²) in [7, 11) is 0. The minimum atomic E-state index is 0.0401. The Morgan fingerprint density at radius 3 is 2.67 bits per heavy atom. The Morgan fingerprint density at radius 1 is 1.04 bits per heavy atom. The van der Waals surface area contributed by atoms with Crippen LogP contribution in [0.3, 0.4) is 0 Å². The smallest absolute Gasteiger partial charge is 0.0679 e. The van der Waals surface area contributed by atoms with Crippen molar-refractivity contribution in [3.05, 3.63) is 70.2 Å². The van der Waals surface area contributed by atoms with Crippen molar-refractivity contribution in [2.45, 2.75) is 25.7 Å². The molecule has 0 heterocycles. The van der Waals surface area contributed by atoms with E-state index in [0.717, 1.165) is 24.8 Å². The van der Waals surface area contributed by atoms with Gasteiger partial charge in [-0.1, -0.05) is 48.6 Å². The van der Waals surface area contributed by atoms with E-state index in [4.69, 9.17) is 0 Å². The van der Waals surface area contributed by atoms with E-state index < -0.39 is 0 Å². The van der Waals surface area contributed by atoms with Crippen LogP contribution in [0.5, 0.6) is 0 Å². The Morgan fingerprint density at radius 2 is 1.88 bits per heavy atom. The van der Waals surface area contributed by atoms with Crippen LogP contribution in [0.1, 0.15) is 25.7 Å². The molecule has 0 radical (unpaired) electrons. The van der Waals surface area contributed by atoms with Crippen molar-refractivity contribution in [2.24, 2.45) is 11.8 Å². The fraction of sp³-hybridized carbons (Fsp3) is 0.364. The first-order valence-corrected chi connectivity index (χ1v) is 8.92. The molecule has 0 saturated heterocycles. The Labute approximate surface area is 142 Å². The molecule has 3 aliphatic carbocycles. The summed E-state index contributed by atoms with van der Waals surface area (Å²) in [6.07, 6.45) is 13.1. The molecule has 0 aromatic heterocycles. The van der Waals surface area contributed by atoms with Gasteiger partial charge in [-0.2, -0.15) is 0 Å². The Bertz CT molecular complexity index is 854. The number of hydrogen-bond acceptors (Lipinski definition) is 2. The SMILES string of the molecule is OCC1=CC(CO)CC(C2=c3ccccc3=C3C=CCCC3C2)=C1. The van der Waals surface area contributed by atoms with Crippen LogP contribution in [0.2, 0.25) is 0 Å². The highest BCUT2D eigenvalue weighted by Crippen LogP contribution is 2.37. The van der Waals surface area contributed by atoms with Crippen LogP contribution in [0, 0.1) is 11.8 Å². The lowest BCUT2D eigenvalue weighted by Gasteiger charge is -2.30. The summed E-state index contributed by atoms with van der Waals surface area (Å²) >= 11 is 0. The third-order valence-electron chi connectivity index (χ3n) is 5.53. The van der Waals surface area contributed by atoms with Gasteiger partial charge in [0.25, 0.3) is 0 Å². The molecule has 2 nitrogen and oxygen atoms in total. The van der Waals surface area contributed by atoms with Gasteiger partial charge in [-0.25, -0.2) is 0 Å². The van der Waals surface area contributed by atoms with Gasteiger partial charge in [0, 0.05) is 12.5 Å². The van der Waals surface area contributed by atoms with Crippen LogP contribution < -0.4 is 10.4 Å². The molecule has 2 atom stereocenters. The molecule has 0 spiro atoms. The third-order valence-corrected chi connectivity index (χ3v) is 5.53. The first-order chi connectivity index (χ1) is 11.8. The summed E-state index contributed by atoms with van der Waals surface area (Å²) in [5, 5.41) is 21.9. The lowest BCUT2D eigenvalue weighted by Crippen LogP contribution is -2.36. The fourth-order valence-corrected chi connectivity index (χ4v) is 4.38. The summed E-state index contributed by atoms with van der Waals surface area (Å²) in [5.41, 5.74) is 5.11. The average Bonchev–Trinajstić information content (AvgIpc) is 2.66. The summed E-state index contributed by atoms with van der Waals surface area (Å²) in [4.78, 5) is 0. The zero-order chi connectivity index (χ0) is 16.5. The van der Waals surface area contributed by atoms with E-state index in [1.165, 1.54) is 33.6 Å². The summed E-state index contributed by atoms with van der Waals surface area (Å²) in [6.45, 7) is 0.178. The summed E-state index contributed by atoms with van der Waals surface area (Å²) < 4.78 is 0. The molecule has 1 aromatic rings. The first-order valence-electron chi connectivity index (χ1n) is 8.92. The van der Waals surface area contributed by atoms with Crippen molar-refractivity contribution >= 4 is 11.1 Å². The van der Waals surface area contributed by atoms with Crippen LogP contribution >= 0.6 is 0 Å². The molecule has 3 aliphatic rings. The van der Waals surface area contributed by atoms with Crippen molar-refractivity contribution in [1.29, 1.82) is 0 Å². The van der Waals surface area contributed by atoms with Gasteiger partial charge in [0.15, 0.2) is 0 Å².